The maximum Gasteiger partial charge on any atom is 0.313 e. The summed E-state index contributed by atoms with van der Waals surface area (Å²) in [6.07, 6.45) is 2.85. The van der Waals surface area contributed by atoms with E-state index in [0.717, 1.165) is 6.42 Å². The number of ether oxygens (including phenoxy) is 1. The molecule has 3 nitrogen and oxygen atoms in total. The number of rotatable bonds is 6. The van der Waals surface area contributed by atoms with Crippen LogP contribution in [0.1, 0.15) is 26.2 Å². The van der Waals surface area contributed by atoms with E-state index in [1.807, 2.05) is 6.92 Å². The van der Waals surface area contributed by atoms with Gasteiger partial charge < -0.3 is 4.74 Å². The van der Waals surface area contributed by atoms with Crippen molar-refractivity contribution in [3.05, 3.63) is 12.7 Å². The number of esters is 1. The monoisotopic (exact) mass is 184 g/mol. The molecule has 0 aliphatic rings. The molecule has 0 bridgehead atoms. The van der Waals surface area contributed by atoms with Crippen LogP contribution in [0.25, 0.3) is 0 Å². The minimum Gasteiger partial charge on any atom is -0.469 e. The van der Waals surface area contributed by atoms with Crippen LogP contribution < -0.4 is 0 Å². The van der Waals surface area contributed by atoms with Gasteiger partial charge in [0.05, 0.1) is 7.11 Å². The maximum atomic E-state index is 11.1. The molecule has 0 saturated carbocycles. The van der Waals surface area contributed by atoms with Crippen molar-refractivity contribution >= 4 is 11.8 Å². The van der Waals surface area contributed by atoms with E-state index < -0.39 is 5.97 Å². The fraction of sp³-hybridized carbons (Fsp3) is 0.600. The van der Waals surface area contributed by atoms with Crippen LogP contribution in [-0.2, 0) is 14.3 Å². The Morgan fingerprint density at radius 3 is 2.62 bits per heavy atom. The number of carbonyl (C=O) groups excluding carboxylic acids is 2. The number of carbonyl (C=O) groups is 2. The molecular formula is C10H16O3. The van der Waals surface area contributed by atoms with Gasteiger partial charge in [-0.1, -0.05) is 13.0 Å². The lowest BCUT2D eigenvalue weighted by Crippen LogP contribution is -2.09. The van der Waals surface area contributed by atoms with Crippen molar-refractivity contribution in [1.82, 2.24) is 0 Å². The summed E-state index contributed by atoms with van der Waals surface area (Å²) in [5, 5.41) is 0. The fourth-order valence-electron chi connectivity index (χ4n) is 0.828. The van der Waals surface area contributed by atoms with Crippen LogP contribution >= 0.6 is 0 Å². The molecule has 0 unspecified atom stereocenters. The second-order valence-electron chi connectivity index (χ2n) is 3.04. The third-order valence-electron chi connectivity index (χ3n) is 1.85. The summed E-state index contributed by atoms with van der Waals surface area (Å²) in [5.41, 5.74) is 0. The van der Waals surface area contributed by atoms with Crippen LogP contribution in [0.5, 0.6) is 0 Å². The summed E-state index contributed by atoms with van der Waals surface area (Å²) in [7, 11) is 1.28. The minimum absolute atomic E-state index is 0.0689. The van der Waals surface area contributed by atoms with Gasteiger partial charge in [0.1, 0.15) is 12.2 Å². The minimum atomic E-state index is -0.462. The Morgan fingerprint density at radius 1 is 1.54 bits per heavy atom. The van der Waals surface area contributed by atoms with Crippen molar-refractivity contribution in [2.75, 3.05) is 7.11 Å². The Kier molecular flexibility index (Phi) is 5.85. The fourth-order valence-corrected chi connectivity index (χ4v) is 0.828. The molecule has 13 heavy (non-hydrogen) atoms. The van der Waals surface area contributed by atoms with E-state index >= 15 is 0 Å². The first-order valence-electron chi connectivity index (χ1n) is 4.31. The molecular weight excluding hydrogens is 168 g/mol. The van der Waals surface area contributed by atoms with Crippen molar-refractivity contribution in [3.63, 3.8) is 0 Å². The highest BCUT2D eigenvalue weighted by molar-refractivity contribution is 5.95. The quantitative estimate of drug-likeness (QED) is 0.358. The zero-order chi connectivity index (χ0) is 10.3. The predicted molar refractivity (Wildman–Crippen MR) is 50.2 cm³/mol. The standard InChI is InChI=1S/C10H16O3/c1-4-8(2)5-6-9(11)7-10(12)13-3/h4,8H,1,5-7H2,2-3H3/t8-/m0/s1. The van der Waals surface area contributed by atoms with Gasteiger partial charge in [-0.15, -0.1) is 6.58 Å². The SMILES string of the molecule is C=C[C@H](C)CCC(=O)CC(=O)OC. The Bertz CT molecular complexity index is 196. The van der Waals surface area contributed by atoms with E-state index in [4.69, 9.17) is 0 Å². The Morgan fingerprint density at radius 2 is 2.15 bits per heavy atom. The summed E-state index contributed by atoms with van der Waals surface area (Å²) in [5.74, 6) is -0.210. The van der Waals surface area contributed by atoms with Gasteiger partial charge in [0.15, 0.2) is 0 Å². The van der Waals surface area contributed by atoms with Crippen molar-refractivity contribution in [1.29, 1.82) is 0 Å². The molecule has 0 fully saturated rings. The first-order chi connectivity index (χ1) is 6.10. The van der Waals surface area contributed by atoms with Crippen molar-refractivity contribution in [3.8, 4) is 0 Å². The van der Waals surface area contributed by atoms with Crippen LogP contribution in [0, 0.1) is 5.92 Å². The molecule has 0 saturated heterocycles. The molecule has 0 radical (unpaired) electrons. The highest BCUT2D eigenvalue weighted by Gasteiger charge is 2.09. The highest BCUT2D eigenvalue weighted by Crippen LogP contribution is 2.07. The van der Waals surface area contributed by atoms with E-state index in [-0.39, 0.29) is 12.2 Å². The van der Waals surface area contributed by atoms with Crippen molar-refractivity contribution in [2.45, 2.75) is 26.2 Å². The molecule has 0 aromatic heterocycles. The van der Waals surface area contributed by atoms with E-state index in [0.29, 0.717) is 12.3 Å². The van der Waals surface area contributed by atoms with Gasteiger partial charge in [-0.25, -0.2) is 0 Å². The summed E-state index contributed by atoms with van der Waals surface area (Å²) in [6, 6.07) is 0. The van der Waals surface area contributed by atoms with Gasteiger partial charge in [-0.05, 0) is 12.3 Å². The molecule has 0 N–H and O–H groups in total. The Balaban J connectivity index is 3.63. The van der Waals surface area contributed by atoms with Crippen LogP contribution in [0.4, 0.5) is 0 Å². The first-order valence-corrected chi connectivity index (χ1v) is 4.31. The number of ketones is 1. The molecule has 0 amide bonds. The smallest absolute Gasteiger partial charge is 0.313 e. The lowest BCUT2D eigenvalue weighted by Gasteiger charge is -2.03. The normalized spacial score (nSPS) is 11.8. The average molecular weight is 184 g/mol. The third-order valence-corrected chi connectivity index (χ3v) is 1.85. The summed E-state index contributed by atoms with van der Waals surface area (Å²) in [4.78, 5) is 21.8. The molecule has 3 heteroatoms. The lowest BCUT2D eigenvalue weighted by molar-refractivity contribution is -0.143. The van der Waals surface area contributed by atoms with Gasteiger partial charge in [-0.2, -0.15) is 0 Å². The zero-order valence-electron chi connectivity index (χ0n) is 8.21. The van der Waals surface area contributed by atoms with Gasteiger partial charge >= 0.3 is 5.97 Å². The molecule has 0 spiro atoms. The third kappa shape index (κ3) is 6.08. The van der Waals surface area contributed by atoms with Crippen LogP contribution in [0.2, 0.25) is 0 Å². The van der Waals surface area contributed by atoms with Gasteiger partial charge in [0, 0.05) is 6.42 Å². The second-order valence-corrected chi connectivity index (χ2v) is 3.04. The molecule has 0 aromatic carbocycles. The van der Waals surface area contributed by atoms with E-state index in [1.54, 1.807) is 6.08 Å². The average Bonchev–Trinajstić information content (AvgIpc) is 2.13. The summed E-state index contributed by atoms with van der Waals surface area (Å²) in [6.45, 7) is 5.60. The van der Waals surface area contributed by atoms with Gasteiger partial charge in [0.25, 0.3) is 0 Å². The maximum absolute atomic E-state index is 11.1. The highest BCUT2D eigenvalue weighted by atomic mass is 16.5. The molecule has 0 rings (SSSR count). The largest absolute Gasteiger partial charge is 0.469 e. The number of allylic oxidation sites excluding steroid dienone is 1. The summed E-state index contributed by atoms with van der Waals surface area (Å²) < 4.78 is 4.37. The Labute approximate surface area is 78.8 Å². The van der Waals surface area contributed by atoms with Crippen molar-refractivity contribution < 1.29 is 14.3 Å². The molecule has 0 aliphatic heterocycles. The number of hydrogen-bond acceptors (Lipinski definition) is 3. The Hall–Kier alpha value is -1.12. The van der Waals surface area contributed by atoms with E-state index in [2.05, 4.69) is 11.3 Å². The van der Waals surface area contributed by atoms with E-state index in [1.165, 1.54) is 7.11 Å². The number of Topliss-reactive ketones (excluding diaryl/α,β-unsaturated/α-hetero) is 1. The number of hydrogen-bond donors (Lipinski definition) is 0. The summed E-state index contributed by atoms with van der Waals surface area (Å²) >= 11 is 0. The number of methoxy groups -OCH3 is 1. The van der Waals surface area contributed by atoms with E-state index in [9.17, 15) is 9.59 Å². The molecule has 74 valence electrons. The van der Waals surface area contributed by atoms with Crippen LogP contribution in [0.15, 0.2) is 12.7 Å². The first kappa shape index (κ1) is 11.9. The molecule has 0 aromatic rings. The molecule has 0 heterocycles. The van der Waals surface area contributed by atoms with Gasteiger partial charge in [-0.3, -0.25) is 9.59 Å². The second kappa shape index (κ2) is 6.40. The lowest BCUT2D eigenvalue weighted by atomic mass is 10.0. The van der Waals surface area contributed by atoms with Crippen LogP contribution in [-0.4, -0.2) is 18.9 Å². The predicted octanol–water partition coefficient (Wildman–Crippen LogP) is 1.72. The van der Waals surface area contributed by atoms with Crippen molar-refractivity contribution in [2.24, 2.45) is 5.92 Å². The zero-order valence-corrected chi connectivity index (χ0v) is 8.21. The topological polar surface area (TPSA) is 43.4 Å². The van der Waals surface area contributed by atoms with Gasteiger partial charge in [0.2, 0.25) is 0 Å². The molecule has 0 aliphatic carbocycles. The molecule has 1 atom stereocenters. The van der Waals surface area contributed by atoms with Crippen LogP contribution in [0.3, 0.4) is 0 Å².